The molecule has 0 heterocycles. The predicted molar refractivity (Wildman–Crippen MR) is 77.8 cm³/mol. The van der Waals surface area contributed by atoms with Crippen LogP contribution in [0.15, 0.2) is 0 Å². The minimum absolute atomic E-state index is 0.0938. The van der Waals surface area contributed by atoms with Crippen LogP contribution in [0, 0.1) is 0 Å². The monoisotopic (exact) mass is 257 g/mol. The average Bonchev–Trinajstić information content (AvgIpc) is 2.28. The molecule has 1 amide bonds. The number of amides is 1. The van der Waals surface area contributed by atoms with Crippen LogP contribution in [0.1, 0.15) is 46.5 Å². The number of carbonyl (C=O) groups is 1. The van der Waals surface area contributed by atoms with E-state index >= 15 is 0 Å². The van der Waals surface area contributed by atoms with Crippen LogP contribution in [0.3, 0.4) is 0 Å². The maximum absolute atomic E-state index is 11.8. The summed E-state index contributed by atoms with van der Waals surface area (Å²) in [6.07, 6.45) is 4.43. The molecule has 0 bridgehead atoms. The van der Waals surface area contributed by atoms with E-state index in [0.717, 1.165) is 32.4 Å². The molecule has 2 atom stereocenters. The van der Waals surface area contributed by atoms with Gasteiger partial charge in [-0.2, -0.15) is 0 Å². The summed E-state index contributed by atoms with van der Waals surface area (Å²) in [6, 6.07) is 0.184. The van der Waals surface area contributed by atoms with E-state index in [-0.39, 0.29) is 18.0 Å². The van der Waals surface area contributed by atoms with Gasteiger partial charge in [0.05, 0.1) is 6.04 Å². The number of hydrogen-bond donors (Lipinski definition) is 2. The van der Waals surface area contributed by atoms with Crippen LogP contribution in [0.2, 0.25) is 0 Å². The Balaban J connectivity index is 3.61. The van der Waals surface area contributed by atoms with E-state index in [1.54, 1.807) is 0 Å². The first-order chi connectivity index (χ1) is 8.47. The van der Waals surface area contributed by atoms with Crippen LogP contribution in [0.4, 0.5) is 0 Å². The lowest BCUT2D eigenvalue weighted by Crippen LogP contribution is -2.45. The van der Waals surface area contributed by atoms with Crippen LogP contribution < -0.4 is 10.6 Å². The summed E-state index contributed by atoms with van der Waals surface area (Å²) in [7, 11) is 4.16. The first-order valence-electron chi connectivity index (χ1n) is 7.15. The van der Waals surface area contributed by atoms with Gasteiger partial charge < -0.3 is 15.5 Å². The molecule has 0 rings (SSSR count). The van der Waals surface area contributed by atoms with Crippen LogP contribution >= 0.6 is 0 Å². The van der Waals surface area contributed by atoms with Gasteiger partial charge in [0, 0.05) is 6.04 Å². The third-order valence-electron chi connectivity index (χ3n) is 2.99. The summed E-state index contributed by atoms with van der Waals surface area (Å²) in [4.78, 5) is 14.0. The minimum Gasteiger partial charge on any atom is -0.352 e. The van der Waals surface area contributed by atoms with Gasteiger partial charge in [0.1, 0.15) is 0 Å². The highest BCUT2D eigenvalue weighted by Gasteiger charge is 2.13. The van der Waals surface area contributed by atoms with Crippen molar-refractivity contribution in [2.24, 2.45) is 0 Å². The molecule has 0 saturated heterocycles. The Kier molecular flexibility index (Phi) is 9.98. The van der Waals surface area contributed by atoms with Gasteiger partial charge in [0.25, 0.3) is 0 Å². The number of nitrogens with zero attached hydrogens (tertiary/aromatic N) is 1. The quantitative estimate of drug-likeness (QED) is 0.584. The van der Waals surface area contributed by atoms with Crippen molar-refractivity contribution in [2.75, 3.05) is 27.2 Å². The van der Waals surface area contributed by atoms with Gasteiger partial charge in [-0.25, -0.2) is 0 Å². The molecule has 0 aromatic carbocycles. The molecule has 0 fully saturated rings. The molecule has 108 valence electrons. The number of unbranched alkanes of at least 4 members (excludes halogenated alkanes) is 1. The highest BCUT2D eigenvalue weighted by atomic mass is 16.2. The van der Waals surface area contributed by atoms with E-state index in [0.29, 0.717) is 0 Å². The molecule has 2 N–H and O–H groups in total. The molecular formula is C14H31N3O. The predicted octanol–water partition coefficient (Wildman–Crippen LogP) is 1.61. The van der Waals surface area contributed by atoms with Crippen LogP contribution in [-0.4, -0.2) is 50.1 Å². The zero-order chi connectivity index (χ0) is 14.0. The summed E-state index contributed by atoms with van der Waals surface area (Å²) >= 11 is 0. The molecule has 2 unspecified atom stereocenters. The number of hydrogen-bond acceptors (Lipinski definition) is 3. The second-order valence-electron chi connectivity index (χ2n) is 5.38. The van der Waals surface area contributed by atoms with Crippen molar-refractivity contribution in [1.29, 1.82) is 0 Å². The zero-order valence-corrected chi connectivity index (χ0v) is 12.8. The smallest absolute Gasteiger partial charge is 0.237 e. The fourth-order valence-electron chi connectivity index (χ4n) is 1.84. The van der Waals surface area contributed by atoms with Gasteiger partial charge in [-0.3, -0.25) is 4.79 Å². The lowest BCUT2D eigenvalue weighted by Gasteiger charge is -2.18. The summed E-state index contributed by atoms with van der Waals surface area (Å²) in [5.74, 6) is 0.114. The summed E-state index contributed by atoms with van der Waals surface area (Å²) < 4.78 is 0. The molecular weight excluding hydrogens is 226 g/mol. The Morgan fingerprint density at radius 2 is 1.89 bits per heavy atom. The zero-order valence-electron chi connectivity index (χ0n) is 12.8. The first-order valence-corrected chi connectivity index (χ1v) is 7.15. The fourth-order valence-corrected chi connectivity index (χ4v) is 1.84. The normalized spacial score (nSPS) is 14.6. The standard InChI is InChI=1S/C14H31N3O/c1-6-9-12(2)16-14(18)13(3)15-10-7-8-11-17(4)5/h12-13,15H,6-11H2,1-5H3,(H,16,18). The Morgan fingerprint density at radius 1 is 1.22 bits per heavy atom. The fraction of sp³-hybridized carbons (Fsp3) is 0.929. The summed E-state index contributed by atoms with van der Waals surface area (Å²) in [5.41, 5.74) is 0. The first kappa shape index (κ1) is 17.4. The molecule has 0 radical (unpaired) electrons. The van der Waals surface area contributed by atoms with Crippen molar-refractivity contribution in [3.05, 3.63) is 0 Å². The summed E-state index contributed by atoms with van der Waals surface area (Å²) in [5, 5.41) is 6.30. The largest absolute Gasteiger partial charge is 0.352 e. The van der Waals surface area contributed by atoms with E-state index in [1.165, 1.54) is 6.42 Å². The van der Waals surface area contributed by atoms with E-state index < -0.39 is 0 Å². The van der Waals surface area contributed by atoms with Gasteiger partial charge in [0.2, 0.25) is 5.91 Å². The Hall–Kier alpha value is -0.610. The molecule has 4 nitrogen and oxygen atoms in total. The molecule has 4 heteroatoms. The second kappa shape index (κ2) is 10.3. The maximum atomic E-state index is 11.8. The Bertz CT molecular complexity index is 219. The van der Waals surface area contributed by atoms with E-state index in [2.05, 4.69) is 43.5 Å². The van der Waals surface area contributed by atoms with Crippen molar-refractivity contribution in [2.45, 2.75) is 58.5 Å². The molecule has 0 aromatic rings. The van der Waals surface area contributed by atoms with Crippen molar-refractivity contribution in [3.63, 3.8) is 0 Å². The topological polar surface area (TPSA) is 44.4 Å². The SMILES string of the molecule is CCCC(C)NC(=O)C(C)NCCCCN(C)C. The molecule has 0 aliphatic carbocycles. The maximum Gasteiger partial charge on any atom is 0.237 e. The van der Waals surface area contributed by atoms with Crippen LogP contribution in [0.5, 0.6) is 0 Å². The highest BCUT2D eigenvalue weighted by molar-refractivity contribution is 5.81. The van der Waals surface area contributed by atoms with Crippen molar-refractivity contribution in [1.82, 2.24) is 15.5 Å². The Morgan fingerprint density at radius 3 is 2.44 bits per heavy atom. The Labute approximate surface area is 113 Å². The van der Waals surface area contributed by atoms with Crippen molar-refractivity contribution in [3.8, 4) is 0 Å². The number of carbonyl (C=O) groups excluding carboxylic acids is 1. The summed E-state index contributed by atoms with van der Waals surface area (Å²) in [6.45, 7) is 8.14. The van der Waals surface area contributed by atoms with Crippen molar-refractivity contribution < 1.29 is 4.79 Å². The van der Waals surface area contributed by atoms with E-state index in [4.69, 9.17) is 0 Å². The number of rotatable bonds is 10. The van der Waals surface area contributed by atoms with Gasteiger partial charge in [-0.15, -0.1) is 0 Å². The molecule has 0 saturated carbocycles. The third-order valence-corrected chi connectivity index (χ3v) is 2.99. The lowest BCUT2D eigenvalue weighted by atomic mass is 10.2. The molecule has 0 aromatic heterocycles. The number of nitrogens with one attached hydrogen (secondary N) is 2. The van der Waals surface area contributed by atoms with Crippen LogP contribution in [0.25, 0.3) is 0 Å². The van der Waals surface area contributed by atoms with E-state index in [9.17, 15) is 4.79 Å². The van der Waals surface area contributed by atoms with Gasteiger partial charge in [-0.05, 0) is 60.3 Å². The molecule has 0 aliphatic heterocycles. The second-order valence-corrected chi connectivity index (χ2v) is 5.38. The van der Waals surface area contributed by atoms with E-state index in [1.807, 2.05) is 6.92 Å². The highest BCUT2D eigenvalue weighted by Crippen LogP contribution is 1.96. The van der Waals surface area contributed by atoms with Gasteiger partial charge in [0.15, 0.2) is 0 Å². The van der Waals surface area contributed by atoms with Gasteiger partial charge in [-0.1, -0.05) is 13.3 Å². The molecule has 18 heavy (non-hydrogen) atoms. The molecule has 0 spiro atoms. The van der Waals surface area contributed by atoms with Gasteiger partial charge >= 0.3 is 0 Å². The van der Waals surface area contributed by atoms with Crippen molar-refractivity contribution >= 4 is 5.91 Å². The average molecular weight is 257 g/mol. The molecule has 0 aliphatic rings. The minimum atomic E-state index is -0.0938. The third kappa shape index (κ3) is 9.42. The van der Waals surface area contributed by atoms with Crippen LogP contribution in [-0.2, 0) is 4.79 Å². The lowest BCUT2D eigenvalue weighted by molar-refractivity contribution is -0.123.